The number of aromatic nitrogens is 2. The molecule has 0 amide bonds. The summed E-state index contributed by atoms with van der Waals surface area (Å²) >= 11 is 0. The van der Waals surface area contributed by atoms with E-state index in [0.717, 1.165) is 49.3 Å². The fraction of sp³-hybridized carbons (Fsp3) is 0.545. The van der Waals surface area contributed by atoms with Gasteiger partial charge in [-0.1, -0.05) is 24.3 Å². The van der Waals surface area contributed by atoms with Gasteiger partial charge in [-0.05, 0) is 65.0 Å². The van der Waals surface area contributed by atoms with Crippen molar-refractivity contribution < 1.29 is 14.0 Å². The summed E-state index contributed by atoms with van der Waals surface area (Å²) in [7, 11) is -0.396. The van der Waals surface area contributed by atoms with Crippen molar-refractivity contribution in [3.8, 4) is 17.1 Å². The van der Waals surface area contributed by atoms with Crippen LogP contribution in [0.3, 0.4) is 0 Å². The van der Waals surface area contributed by atoms with E-state index in [1.807, 2.05) is 24.3 Å². The third-order valence-electron chi connectivity index (χ3n) is 6.24. The lowest BCUT2D eigenvalue weighted by Gasteiger charge is -2.32. The maximum atomic E-state index is 6.16. The van der Waals surface area contributed by atoms with E-state index in [4.69, 9.17) is 14.0 Å². The molecule has 6 nitrogen and oxygen atoms in total. The smallest absolute Gasteiger partial charge is 0.490 e. The summed E-state index contributed by atoms with van der Waals surface area (Å²) in [5.41, 5.74) is 1.17. The van der Waals surface area contributed by atoms with Crippen molar-refractivity contribution in [2.24, 2.45) is 5.92 Å². The predicted molar refractivity (Wildman–Crippen MR) is 114 cm³/mol. The molecule has 1 N–H and O–H groups in total. The Morgan fingerprint density at radius 2 is 1.72 bits per heavy atom. The standard InChI is InChI=1S/C22H30BN3O3/c1-21(2)22(3,4)29-23(28-21)18-7-5-6-17(12-18)20-25-13-19(14-26-20)27-15-16-8-10-24-11-9-16/h5-7,12-14,16,24H,8-11,15H2,1-4H3. The van der Waals surface area contributed by atoms with E-state index in [1.54, 1.807) is 12.4 Å². The molecule has 0 radical (unpaired) electrons. The highest BCUT2D eigenvalue weighted by Crippen LogP contribution is 2.36. The molecule has 4 rings (SSSR count). The third-order valence-corrected chi connectivity index (χ3v) is 6.24. The van der Waals surface area contributed by atoms with Gasteiger partial charge < -0.3 is 19.4 Å². The molecule has 2 aliphatic rings. The fourth-order valence-corrected chi connectivity index (χ4v) is 3.61. The molecule has 2 aromatic rings. The first-order valence-electron chi connectivity index (χ1n) is 10.5. The first-order chi connectivity index (χ1) is 13.8. The summed E-state index contributed by atoms with van der Waals surface area (Å²) in [5, 5.41) is 3.37. The number of ether oxygens (including phenoxy) is 1. The van der Waals surface area contributed by atoms with Crippen LogP contribution < -0.4 is 15.5 Å². The summed E-state index contributed by atoms with van der Waals surface area (Å²) < 4.78 is 18.2. The van der Waals surface area contributed by atoms with E-state index >= 15 is 0 Å². The Kier molecular flexibility index (Phi) is 5.64. The lowest BCUT2D eigenvalue weighted by Crippen LogP contribution is -2.41. The van der Waals surface area contributed by atoms with Gasteiger partial charge in [0.05, 0.1) is 30.2 Å². The second-order valence-electron chi connectivity index (χ2n) is 8.96. The molecule has 1 aromatic carbocycles. The summed E-state index contributed by atoms with van der Waals surface area (Å²) in [4.78, 5) is 9.02. The summed E-state index contributed by atoms with van der Waals surface area (Å²) in [6, 6.07) is 8.04. The second-order valence-corrected chi connectivity index (χ2v) is 8.96. The molecule has 2 fully saturated rings. The van der Waals surface area contributed by atoms with Crippen molar-refractivity contribution in [3.05, 3.63) is 36.7 Å². The minimum atomic E-state index is -0.396. The predicted octanol–water partition coefficient (Wildman–Crippen LogP) is 2.82. The van der Waals surface area contributed by atoms with Crippen molar-refractivity contribution in [2.75, 3.05) is 19.7 Å². The Labute approximate surface area is 173 Å². The average molecular weight is 395 g/mol. The minimum absolute atomic E-state index is 0.364. The summed E-state index contributed by atoms with van der Waals surface area (Å²) in [6.45, 7) is 11.1. The number of nitrogens with zero attached hydrogens (tertiary/aromatic N) is 2. The van der Waals surface area contributed by atoms with Gasteiger partial charge in [-0.2, -0.15) is 0 Å². The molecule has 2 aliphatic heterocycles. The largest absolute Gasteiger partial charge is 0.494 e. The summed E-state index contributed by atoms with van der Waals surface area (Å²) in [6.07, 6.45) is 5.82. The lowest BCUT2D eigenvalue weighted by atomic mass is 9.78. The normalized spacial score (nSPS) is 21.3. The summed E-state index contributed by atoms with van der Waals surface area (Å²) in [5.74, 6) is 1.99. The van der Waals surface area contributed by atoms with E-state index in [1.165, 1.54) is 0 Å². The van der Waals surface area contributed by atoms with Gasteiger partial charge in [0.1, 0.15) is 0 Å². The van der Waals surface area contributed by atoms with Crippen LogP contribution in [0, 0.1) is 5.92 Å². The molecule has 0 aliphatic carbocycles. The molecule has 0 atom stereocenters. The molecular weight excluding hydrogens is 365 g/mol. The Morgan fingerprint density at radius 3 is 2.38 bits per heavy atom. The molecule has 7 heteroatoms. The number of hydrogen-bond donors (Lipinski definition) is 1. The molecule has 0 bridgehead atoms. The molecule has 1 aromatic heterocycles. The van der Waals surface area contributed by atoms with E-state index in [0.29, 0.717) is 11.7 Å². The third kappa shape index (κ3) is 4.47. The molecule has 3 heterocycles. The minimum Gasteiger partial charge on any atom is -0.490 e. The van der Waals surface area contributed by atoms with Crippen LogP contribution in [0.2, 0.25) is 0 Å². The van der Waals surface area contributed by atoms with E-state index in [-0.39, 0.29) is 11.2 Å². The topological polar surface area (TPSA) is 65.5 Å². The van der Waals surface area contributed by atoms with Gasteiger partial charge in [0.15, 0.2) is 11.6 Å². The highest BCUT2D eigenvalue weighted by molar-refractivity contribution is 6.62. The monoisotopic (exact) mass is 395 g/mol. The zero-order valence-electron chi connectivity index (χ0n) is 17.8. The number of nitrogens with one attached hydrogen (secondary N) is 1. The van der Waals surface area contributed by atoms with Gasteiger partial charge >= 0.3 is 7.12 Å². The van der Waals surface area contributed by atoms with Crippen LogP contribution in [-0.2, 0) is 9.31 Å². The molecule has 0 spiro atoms. The van der Waals surface area contributed by atoms with Crippen molar-refractivity contribution in [1.82, 2.24) is 15.3 Å². The Bertz CT molecular complexity index is 819. The van der Waals surface area contributed by atoms with Crippen molar-refractivity contribution in [2.45, 2.75) is 51.7 Å². The van der Waals surface area contributed by atoms with Gasteiger partial charge in [0.25, 0.3) is 0 Å². The zero-order chi connectivity index (χ0) is 20.5. The molecular formula is C22H30BN3O3. The number of hydrogen-bond acceptors (Lipinski definition) is 6. The van der Waals surface area contributed by atoms with Gasteiger partial charge in [-0.25, -0.2) is 9.97 Å². The number of benzene rings is 1. The lowest BCUT2D eigenvalue weighted by molar-refractivity contribution is 0.00578. The van der Waals surface area contributed by atoms with Gasteiger partial charge in [-0.3, -0.25) is 0 Å². The van der Waals surface area contributed by atoms with Gasteiger partial charge in [0, 0.05) is 5.56 Å². The highest BCUT2D eigenvalue weighted by atomic mass is 16.7. The van der Waals surface area contributed by atoms with Gasteiger partial charge in [-0.15, -0.1) is 0 Å². The Balaban J connectivity index is 1.43. The molecule has 154 valence electrons. The van der Waals surface area contributed by atoms with Gasteiger partial charge in [0.2, 0.25) is 0 Å². The maximum absolute atomic E-state index is 6.16. The second kappa shape index (κ2) is 8.05. The quantitative estimate of drug-likeness (QED) is 0.786. The van der Waals surface area contributed by atoms with E-state index in [9.17, 15) is 0 Å². The van der Waals surface area contributed by atoms with Crippen LogP contribution in [0.15, 0.2) is 36.7 Å². The Hall–Kier alpha value is -1.96. The SMILES string of the molecule is CC1(C)OB(c2cccc(-c3ncc(OCC4CCNCC4)cn3)c2)OC1(C)C. The fourth-order valence-electron chi connectivity index (χ4n) is 3.61. The Morgan fingerprint density at radius 1 is 1.07 bits per heavy atom. The van der Waals surface area contributed by atoms with E-state index in [2.05, 4.69) is 43.0 Å². The van der Waals surface area contributed by atoms with Crippen LogP contribution in [0.1, 0.15) is 40.5 Å². The number of piperidine rings is 1. The van der Waals surface area contributed by atoms with Crippen molar-refractivity contribution >= 4 is 12.6 Å². The van der Waals surface area contributed by atoms with Crippen LogP contribution in [0.25, 0.3) is 11.4 Å². The average Bonchev–Trinajstić information content (AvgIpc) is 2.95. The highest BCUT2D eigenvalue weighted by Gasteiger charge is 2.51. The van der Waals surface area contributed by atoms with Crippen molar-refractivity contribution in [1.29, 1.82) is 0 Å². The van der Waals surface area contributed by atoms with Crippen LogP contribution in [0.4, 0.5) is 0 Å². The zero-order valence-corrected chi connectivity index (χ0v) is 17.8. The van der Waals surface area contributed by atoms with Crippen LogP contribution in [-0.4, -0.2) is 48.0 Å². The van der Waals surface area contributed by atoms with Crippen LogP contribution >= 0.6 is 0 Å². The van der Waals surface area contributed by atoms with E-state index < -0.39 is 7.12 Å². The molecule has 0 unspecified atom stereocenters. The van der Waals surface area contributed by atoms with Crippen LogP contribution in [0.5, 0.6) is 5.75 Å². The number of rotatable bonds is 5. The maximum Gasteiger partial charge on any atom is 0.494 e. The first kappa shape index (κ1) is 20.3. The van der Waals surface area contributed by atoms with Crippen molar-refractivity contribution in [3.63, 3.8) is 0 Å². The molecule has 0 saturated carbocycles. The first-order valence-corrected chi connectivity index (χ1v) is 10.5. The molecule has 29 heavy (non-hydrogen) atoms. The molecule has 2 saturated heterocycles.